The molecule has 0 atom stereocenters. The Morgan fingerprint density at radius 1 is 1.17 bits per heavy atom. The number of amides is 2. The standard InChI is InChI=1S/C19H26N2O2/c1-2-18(22)21-12-6-9-14-10-11-16(13-17(14)21)20-19(23)15-7-4-3-5-8-15/h10-11,13,15H,2-9,12H2,1H3,(H,20,23). The van der Waals surface area contributed by atoms with Crippen LogP contribution in [0.4, 0.5) is 11.4 Å². The van der Waals surface area contributed by atoms with Crippen LogP contribution in [0.5, 0.6) is 0 Å². The average Bonchev–Trinajstić information content (AvgIpc) is 2.61. The highest BCUT2D eigenvalue weighted by atomic mass is 16.2. The summed E-state index contributed by atoms with van der Waals surface area (Å²) in [5, 5.41) is 3.06. The molecule has 23 heavy (non-hydrogen) atoms. The van der Waals surface area contributed by atoms with E-state index in [9.17, 15) is 9.59 Å². The van der Waals surface area contributed by atoms with Gasteiger partial charge in [0.25, 0.3) is 0 Å². The van der Waals surface area contributed by atoms with Crippen LogP contribution in [0.2, 0.25) is 0 Å². The van der Waals surface area contributed by atoms with Gasteiger partial charge in [-0.2, -0.15) is 0 Å². The number of hydrogen-bond donors (Lipinski definition) is 1. The fourth-order valence-electron chi connectivity index (χ4n) is 3.71. The third kappa shape index (κ3) is 3.57. The topological polar surface area (TPSA) is 49.4 Å². The maximum atomic E-state index is 12.4. The number of rotatable bonds is 3. The fourth-order valence-corrected chi connectivity index (χ4v) is 3.71. The number of nitrogens with one attached hydrogen (secondary N) is 1. The maximum Gasteiger partial charge on any atom is 0.227 e. The van der Waals surface area contributed by atoms with E-state index >= 15 is 0 Å². The number of hydrogen-bond acceptors (Lipinski definition) is 2. The van der Waals surface area contributed by atoms with Crippen molar-refractivity contribution in [1.82, 2.24) is 0 Å². The SMILES string of the molecule is CCC(=O)N1CCCc2ccc(NC(=O)C3CCCCC3)cc21. The molecule has 1 aliphatic heterocycles. The molecular weight excluding hydrogens is 288 g/mol. The summed E-state index contributed by atoms with van der Waals surface area (Å²) in [5.74, 6) is 0.434. The average molecular weight is 314 g/mol. The predicted molar refractivity (Wildman–Crippen MR) is 92.6 cm³/mol. The highest BCUT2D eigenvalue weighted by Gasteiger charge is 2.24. The summed E-state index contributed by atoms with van der Waals surface area (Å²) in [5.41, 5.74) is 2.99. The second kappa shape index (κ2) is 7.16. The summed E-state index contributed by atoms with van der Waals surface area (Å²) < 4.78 is 0. The number of aryl methyl sites for hydroxylation is 1. The first-order valence-corrected chi connectivity index (χ1v) is 8.93. The Bertz CT molecular complexity index is 591. The number of anilines is 2. The van der Waals surface area contributed by atoms with Crippen LogP contribution in [0.3, 0.4) is 0 Å². The van der Waals surface area contributed by atoms with Crippen LogP contribution < -0.4 is 10.2 Å². The summed E-state index contributed by atoms with van der Waals surface area (Å²) in [6.07, 6.45) is 8.07. The van der Waals surface area contributed by atoms with Crippen LogP contribution in [-0.4, -0.2) is 18.4 Å². The van der Waals surface area contributed by atoms with Crippen molar-refractivity contribution in [3.8, 4) is 0 Å². The zero-order chi connectivity index (χ0) is 16.2. The third-order valence-electron chi connectivity index (χ3n) is 5.05. The van der Waals surface area contributed by atoms with Gasteiger partial charge in [0, 0.05) is 30.3 Å². The lowest BCUT2D eigenvalue weighted by atomic mass is 9.88. The van der Waals surface area contributed by atoms with E-state index < -0.39 is 0 Å². The van der Waals surface area contributed by atoms with E-state index in [1.807, 2.05) is 24.0 Å². The van der Waals surface area contributed by atoms with Gasteiger partial charge in [0.2, 0.25) is 11.8 Å². The van der Waals surface area contributed by atoms with Gasteiger partial charge >= 0.3 is 0 Å². The van der Waals surface area contributed by atoms with Crippen molar-refractivity contribution in [2.75, 3.05) is 16.8 Å². The van der Waals surface area contributed by atoms with Gasteiger partial charge in [0.15, 0.2) is 0 Å². The van der Waals surface area contributed by atoms with Crippen LogP contribution in [0.25, 0.3) is 0 Å². The second-order valence-corrected chi connectivity index (χ2v) is 6.67. The molecule has 3 rings (SSSR count). The van der Waals surface area contributed by atoms with Crippen LogP contribution in [0.15, 0.2) is 18.2 Å². The first-order chi connectivity index (χ1) is 11.2. The normalized spacial score (nSPS) is 18.4. The van der Waals surface area contributed by atoms with E-state index in [1.165, 1.54) is 12.0 Å². The number of nitrogens with zero attached hydrogens (tertiary/aromatic N) is 1. The van der Waals surface area contributed by atoms with Crippen molar-refractivity contribution < 1.29 is 9.59 Å². The van der Waals surface area contributed by atoms with Crippen molar-refractivity contribution in [3.05, 3.63) is 23.8 Å². The van der Waals surface area contributed by atoms with Gasteiger partial charge in [-0.25, -0.2) is 0 Å². The molecule has 4 nitrogen and oxygen atoms in total. The number of carbonyl (C=O) groups is 2. The van der Waals surface area contributed by atoms with E-state index in [4.69, 9.17) is 0 Å². The Balaban J connectivity index is 1.76. The first-order valence-electron chi connectivity index (χ1n) is 8.93. The smallest absolute Gasteiger partial charge is 0.227 e. The molecule has 2 amide bonds. The molecular formula is C19H26N2O2. The number of carbonyl (C=O) groups excluding carboxylic acids is 2. The second-order valence-electron chi connectivity index (χ2n) is 6.67. The zero-order valence-corrected chi connectivity index (χ0v) is 13.9. The molecule has 0 unspecified atom stereocenters. The highest BCUT2D eigenvalue weighted by molar-refractivity contribution is 5.97. The molecule has 1 heterocycles. The minimum atomic E-state index is 0.133. The summed E-state index contributed by atoms with van der Waals surface area (Å²) in [4.78, 5) is 26.4. The molecule has 1 aromatic carbocycles. The zero-order valence-electron chi connectivity index (χ0n) is 13.9. The molecule has 0 saturated heterocycles. The molecule has 0 aromatic heterocycles. The minimum Gasteiger partial charge on any atom is -0.326 e. The van der Waals surface area contributed by atoms with Crippen LogP contribution >= 0.6 is 0 Å². The lowest BCUT2D eigenvalue weighted by Crippen LogP contribution is -2.35. The summed E-state index contributed by atoms with van der Waals surface area (Å²) in [6.45, 7) is 2.67. The predicted octanol–water partition coefficient (Wildman–Crippen LogP) is 3.89. The van der Waals surface area contributed by atoms with E-state index in [-0.39, 0.29) is 17.7 Å². The van der Waals surface area contributed by atoms with Gasteiger partial charge in [-0.3, -0.25) is 9.59 Å². The Morgan fingerprint density at radius 2 is 1.96 bits per heavy atom. The Labute approximate surface area is 138 Å². The largest absolute Gasteiger partial charge is 0.326 e. The van der Waals surface area contributed by atoms with E-state index in [0.29, 0.717) is 6.42 Å². The van der Waals surface area contributed by atoms with Gasteiger partial charge < -0.3 is 10.2 Å². The molecule has 1 aromatic rings. The van der Waals surface area contributed by atoms with Crippen molar-refractivity contribution in [2.24, 2.45) is 5.92 Å². The lowest BCUT2D eigenvalue weighted by Gasteiger charge is -2.30. The molecule has 124 valence electrons. The van der Waals surface area contributed by atoms with Gasteiger partial charge in [0.05, 0.1) is 0 Å². The van der Waals surface area contributed by atoms with E-state index in [1.54, 1.807) is 0 Å². The fraction of sp³-hybridized carbons (Fsp3) is 0.579. The lowest BCUT2D eigenvalue weighted by molar-refractivity contribution is -0.120. The van der Waals surface area contributed by atoms with Crippen molar-refractivity contribution in [2.45, 2.75) is 58.3 Å². The molecule has 1 fully saturated rings. The van der Waals surface area contributed by atoms with Gasteiger partial charge in [-0.1, -0.05) is 32.3 Å². The van der Waals surface area contributed by atoms with Gasteiger partial charge in [-0.05, 0) is 43.4 Å². The molecule has 0 bridgehead atoms. The van der Waals surface area contributed by atoms with Gasteiger partial charge in [0.1, 0.15) is 0 Å². The molecule has 1 saturated carbocycles. The number of fused-ring (bicyclic) bond motifs is 1. The van der Waals surface area contributed by atoms with Crippen LogP contribution in [0, 0.1) is 5.92 Å². The molecule has 1 aliphatic carbocycles. The minimum absolute atomic E-state index is 0.133. The summed E-state index contributed by atoms with van der Waals surface area (Å²) in [6, 6.07) is 6.00. The molecule has 4 heteroatoms. The highest BCUT2D eigenvalue weighted by Crippen LogP contribution is 2.31. The molecule has 1 N–H and O–H groups in total. The molecule has 0 radical (unpaired) electrons. The van der Waals surface area contributed by atoms with Crippen molar-refractivity contribution in [3.63, 3.8) is 0 Å². The summed E-state index contributed by atoms with van der Waals surface area (Å²) >= 11 is 0. The maximum absolute atomic E-state index is 12.4. The first kappa shape index (κ1) is 16.0. The monoisotopic (exact) mass is 314 g/mol. The van der Waals surface area contributed by atoms with Gasteiger partial charge in [-0.15, -0.1) is 0 Å². The Hall–Kier alpha value is -1.84. The molecule has 2 aliphatic rings. The number of benzene rings is 1. The van der Waals surface area contributed by atoms with Crippen molar-refractivity contribution in [1.29, 1.82) is 0 Å². The van der Waals surface area contributed by atoms with Crippen LogP contribution in [0.1, 0.15) is 57.4 Å². The Kier molecular flexibility index (Phi) is 4.99. The van der Waals surface area contributed by atoms with E-state index in [0.717, 1.165) is 56.4 Å². The van der Waals surface area contributed by atoms with E-state index in [2.05, 4.69) is 11.4 Å². The summed E-state index contributed by atoms with van der Waals surface area (Å²) in [7, 11) is 0. The molecule has 0 spiro atoms. The van der Waals surface area contributed by atoms with Crippen LogP contribution in [-0.2, 0) is 16.0 Å². The quantitative estimate of drug-likeness (QED) is 0.920. The van der Waals surface area contributed by atoms with Crippen molar-refractivity contribution >= 4 is 23.2 Å². The third-order valence-corrected chi connectivity index (χ3v) is 5.05. The Morgan fingerprint density at radius 3 is 2.70 bits per heavy atom.